The maximum Gasteiger partial charge on any atom is 0.199 e. The molecule has 2 heterocycles. The topological polar surface area (TPSA) is 86.7 Å². The second kappa shape index (κ2) is 8.65. The lowest BCUT2D eigenvalue weighted by atomic mass is 10.1. The Morgan fingerprint density at radius 2 is 1.68 bits per heavy atom. The molecule has 4 aromatic rings. The fourth-order valence-corrected chi connectivity index (χ4v) is 4.95. The van der Waals surface area contributed by atoms with Crippen molar-refractivity contribution >= 4 is 15.6 Å². The molecule has 0 amide bonds. The molecule has 0 radical (unpaired) electrons. The van der Waals surface area contributed by atoms with Gasteiger partial charge in [0.05, 0.1) is 18.3 Å². The first-order chi connectivity index (χ1) is 15.0. The number of furan rings is 2. The summed E-state index contributed by atoms with van der Waals surface area (Å²) in [5.41, 5.74) is 0.764. The van der Waals surface area contributed by atoms with Crippen LogP contribution in [0.3, 0.4) is 0 Å². The number of carbonyl (C=O) groups excluding carboxylic acids is 1. The minimum Gasteiger partial charge on any atom is -0.497 e. The van der Waals surface area contributed by atoms with Crippen LogP contribution >= 0.6 is 0 Å². The summed E-state index contributed by atoms with van der Waals surface area (Å²) in [7, 11) is -2.32. The zero-order valence-electron chi connectivity index (χ0n) is 16.7. The summed E-state index contributed by atoms with van der Waals surface area (Å²) >= 11 is 0. The highest BCUT2D eigenvalue weighted by atomic mass is 32.2. The Hall–Kier alpha value is -3.58. The number of rotatable bonds is 8. The molecule has 31 heavy (non-hydrogen) atoms. The van der Waals surface area contributed by atoms with Gasteiger partial charge in [0.1, 0.15) is 22.5 Å². The third kappa shape index (κ3) is 4.32. The fraction of sp³-hybridized carbons (Fsp3) is 0.125. The second-order valence-corrected chi connectivity index (χ2v) is 9.01. The summed E-state index contributed by atoms with van der Waals surface area (Å²) < 4.78 is 43.1. The number of sulfone groups is 1. The standard InChI is InChI=1S/C24H20O6S/c1-28-18-11-9-17(10-12-18)21-13-14-23(30-21)24(16-20(25)22-8-5-15-29-22)31(26,27)19-6-3-2-4-7-19/h2-15,24H,16H2,1H3/t24-/m0/s1. The molecular formula is C24H20O6S. The molecule has 6 nitrogen and oxygen atoms in total. The van der Waals surface area contributed by atoms with Crippen molar-refractivity contribution in [2.45, 2.75) is 16.6 Å². The summed E-state index contributed by atoms with van der Waals surface area (Å²) in [5.74, 6) is 1.07. The van der Waals surface area contributed by atoms with Crippen molar-refractivity contribution in [3.63, 3.8) is 0 Å². The molecule has 0 saturated heterocycles. The van der Waals surface area contributed by atoms with Crippen LogP contribution < -0.4 is 4.74 Å². The van der Waals surface area contributed by atoms with Gasteiger partial charge in [-0.25, -0.2) is 8.42 Å². The number of ketones is 1. The van der Waals surface area contributed by atoms with Crippen molar-refractivity contribution in [2.24, 2.45) is 0 Å². The van der Waals surface area contributed by atoms with E-state index in [0.717, 1.165) is 5.56 Å². The Balaban J connectivity index is 1.72. The maximum absolute atomic E-state index is 13.4. The predicted octanol–water partition coefficient (Wildman–Crippen LogP) is 5.34. The molecule has 4 rings (SSSR count). The first kappa shape index (κ1) is 20.7. The van der Waals surface area contributed by atoms with Gasteiger partial charge in [-0.3, -0.25) is 4.79 Å². The molecular weight excluding hydrogens is 416 g/mol. The van der Waals surface area contributed by atoms with E-state index in [4.69, 9.17) is 13.6 Å². The second-order valence-electron chi connectivity index (χ2n) is 6.88. The smallest absolute Gasteiger partial charge is 0.199 e. The zero-order valence-corrected chi connectivity index (χ0v) is 17.5. The highest BCUT2D eigenvalue weighted by Crippen LogP contribution is 2.36. The van der Waals surface area contributed by atoms with Crippen molar-refractivity contribution in [2.75, 3.05) is 7.11 Å². The van der Waals surface area contributed by atoms with Gasteiger partial charge >= 0.3 is 0 Å². The first-order valence-electron chi connectivity index (χ1n) is 9.59. The summed E-state index contributed by atoms with van der Waals surface area (Å²) in [6.45, 7) is 0. The highest BCUT2D eigenvalue weighted by molar-refractivity contribution is 7.91. The van der Waals surface area contributed by atoms with Crippen molar-refractivity contribution in [3.05, 3.63) is 96.6 Å². The van der Waals surface area contributed by atoms with Crippen molar-refractivity contribution in [1.29, 1.82) is 0 Å². The summed E-state index contributed by atoms with van der Waals surface area (Å²) in [6, 6.07) is 21.6. The molecule has 0 spiro atoms. The van der Waals surface area contributed by atoms with Gasteiger partial charge in [0.15, 0.2) is 21.4 Å². The SMILES string of the molecule is COc1ccc(-c2ccc([C@H](CC(=O)c3ccco3)S(=O)(=O)c3ccccc3)o2)cc1. The van der Waals surface area contributed by atoms with Crippen LogP contribution in [0.2, 0.25) is 0 Å². The normalized spacial score (nSPS) is 12.4. The van der Waals surface area contributed by atoms with Gasteiger partial charge in [0.25, 0.3) is 0 Å². The molecule has 1 atom stereocenters. The van der Waals surface area contributed by atoms with E-state index >= 15 is 0 Å². The fourth-order valence-electron chi connectivity index (χ4n) is 3.28. The number of carbonyl (C=O) groups is 1. The maximum atomic E-state index is 13.4. The molecule has 2 aromatic carbocycles. The van der Waals surface area contributed by atoms with Gasteiger partial charge in [-0.05, 0) is 60.7 Å². The molecule has 0 aliphatic heterocycles. The number of methoxy groups -OCH3 is 1. The Labute approximate surface area is 180 Å². The van der Waals surface area contributed by atoms with Crippen LogP contribution in [0.4, 0.5) is 0 Å². The third-order valence-corrected chi connectivity index (χ3v) is 7.01. The van der Waals surface area contributed by atoms with Gasteiger partial charge in [-0.1, -0.05) is 18.2 Å². The molecule has 0 saturated carbocycles. The third-order valence-electron chi connectivity index (χ3n) is 4.93. The first-order valence-corrected chi connectivity index (χ1v) is 11.1. The molecule has 158 valence electrons. The largest absolute Gasteiger partial charge is 0.497 e. The Kier molecular flexibility index (Phi) is 5.77. The Morgan fingerprint density at radius 3 is 2.32 bits per heavy atom. The van der Waals surface area contributed by atoms with Crippen molar-refractivity contribution < 1.29 is 26.8 Å². The van der Waals surface area contributed by atoms with Gasteiger partial charge in [0.2, 0.25) is 0 Å². The van der Waals surface area contributed by atoms with Gasteiger partial charge < -0.3 is 13.6 Å². The van der Waals surface area contributed by atoms with E-state index in [2.05, 4.69) is 0 Å². The lowest BCUT2D eigenvalue weighted by molar-refractivity contribution is 0.0951. The lowest BCUT2D eigenvalue weighted by Crippen LogP contribution is -2.17. The number of Topliss-reactive ketones (excluding diaryl/α,β-unsaturated/α-hetero) is 1. The quantitative estimate of drug-likeness (QED) is 0.347. The van der Waals surface area contributed by atoms with E-state index in [0.29, 0.717) is 11.5 Å². The van der Waals surface area contributed by atoms with Crippen LogP contribution in [0.15, 0.2) is 98.9 Å². The average molecular weight is 436 g/mol. The molecule has 0 unspecified atom stereocenters. The van der Waals surface area contributed by atoms with Crippen LogP contribution in [0.5, 0.6) is 5.75 Å². The van der Waals surface area contributed by atoms with Crippen LogP contribution in [0, 0.1) is 0 Å². The Morgan fingerprint density at radius 1 is 0.935 bits per heavy atom. The van der Waals surface area contributed by atoms with E-state index in [1.807, 2.05) is 12.1 Å². The molecule has 0 fully saturated rings. The van der Waals surface area contributed by atoms with E-state index in [1.54, 1.807) is 55.6 Å². The van der Waals surface area contributed by atoms with E-state index in [9.17, 15) is 13.2 Å². The molecule has 0 N–H and O–H groups in total. The highest BCUT2D eigenvalue weighted by Gasteiger charge is 2.34. The number of hydrogen-bond donors (Lipinski definition) is 0. The summed E-state index contributed by atoms with van der Waals surface area (Å²) in [4.78, 5) is 12.8. The zero-order chi connectivity index (χ0) is 21.8. The van der Waals surface area contributed by atoms with Crippen molar-refractivity contribution in [3.8, 4) is 17.1 Å². The number of hydrogen-bond acceptors (Lipinski definition) is 6. The average Bonchev–Trinajstić information content (AvgIpc) is 3.50. The number of ether oxygens (including phenoxy) is 1. The Bertz CT molecular complexity index is 1250. The van der Waals surface area contributed by atoms with E-state index in [1.165, 1.54) is 24.5 Å². The van der Waals surface area contributed by atoms with Crippen LogP contribution in [0.25, 0.3) is 11.3 Å². The van der Waals surface area contributed by atoms with Crippen LogP contribution in [-0.2, 0) is 9.84 Å². The minimum atomic E-state index is -3.90. The number of benzene rings is 2. The van der Waals surface area contributed by atoms with E-state index < -0.39 is 20.9 Å². The summed E-state index contributed by atoms with van der Waals surface area (Å²) in [5, 5.41) is -1.19. The molecule has 7 heteroatoms. The molecule has 0 aliphatic rings. The van der Waals surface area contributed by atoms with E-state index in [-0.39, 0.29) is 22.8 Å². The molecule has 0 bridgehead atoms. The monoisotopic (exact) mass is 436 g/mol. The van der Waals surface area contributed by atoms with Gasteiger partial charge in [-0.2, -0.15) is 0 Å². The molecule has 2 aromatic heterocycles. The molecule has 0 aliphatic carbocycles. The van der Waals surface area contributed by atoms with Crippen LogP contribution in [-0.4, -0.2) is 21.3 Å². The van der Waals surface area contributed by atoms with Gasteiger partial charge in [0, 0.05) is 12.0 Å². The van der Waals surface area contributed by atoms with Crippen molar-refractivity contribution in [1.82, 2.24) is 0 Å². The summed E-state index contributed by atoms with van der Waals surface area (Å²) in [6.07, 6.45) is 1.07. The van der Waals surface area contributed by atoms with Gasteiger partial charge in [-0.15, -0.1) is 0 Å². The predicted molar refractivity (Wildman–Crippen MR) is 115 cm³/mol. The minimum absolute atomic E-state index is 0.107. The van der Waals surface area contributed by atoms with Crippen LogP contribution in [0.1, 0.15) is 28.0 Å². The lowest BCUT2D eigenvalue weighted by Gasteiger charge is -2.15.